The van der Waals surface area contributed by atoms with Gasteiger partial charge in [-0.15, -0.1) is 0 Å². The minimum Gasteiger partial charge on any atom is -0.508 e. The second-order valence-corrected chi connectivity index (χ2v) is 9.04. The number of phenols is 1. The van der Waals surface area contributed by atoms with Crippen LogP contribution in [0.2, 0.25) is 0 Å². The highest BCUT2D eigenvalue weighted by molar-refractivity contribution is 5.78. The summed E-state index contributed by atoms with van der Waals surface area (Å²) in [7, 11) is 3.16. The summed E-state index contributed by atoms with van der Waals surface area (Å²) < 4.78 is 10.6. The maximum atomic E-state index is 12.5. The second kappa shape index (κ2) is 13.6. The van der Waals surface area contributed by atoms with E-state index in [0.717, 1.165) is 23.1 Å². The van der Waals surface area contributed by atoms with E-state index in [1.807, 2.05) is 49.4 Å². The third-order valence-electron chi connectivity index (χ3n) is 6.15. The summed E-state index contributed by atoms with van der Waals surface area (Å²) in [5, 5.41) is 35.8. The van der Waals surface area contributed by atoms with Gasteiger partial charge in [0.1, 0.15) is 5.75 Å². The van der Waals surface area contributed by atoms with E-state index in [4.69, 9.17) is 9.47 Å². The number of nitrogens with one attached hydrogen (secondary N) is 2. The molecule has 8 heteroatoms. The van der Waals surface area contributed by atoms with E-state index in [0.29, 0.717) is 35.7 Å². The topological polar surface area (TPSA) is 120 Å². The lowest BCUT2D eigenvalue weighted by Crippen LogP contribution is -2.32. The Morgan fingerprint density at radius 2 is 1.70 bits per heavy atom. The molecule has 198 valence electrons. The summed E-state index contributed by atoms with van der Waals surface area (Å²) in [4.78, 5) is 12.5. The summed E-state index contributed by atoms with van der Waals surface area (Å²) in [6, 6.07) is 18.3. The molecule has 0 aliphatic carbocycles. The van der Waals surface area contributed by atoms with Gasteiger partial charge in [-0.25, -0.2) is 0 Å². The monoisotopic (exact) mass is 508 g/mol. The molecule has 0 fully saturated rings. The molecule has 3 rings (SSSR count). The normalized spacial score (nSPS) is 12.6. The molecule has 0 spiro atoms. The van der Waals surface area contributed by atoms with Crippen molar-refractivity contribution in [2.45, 2.75) is 45.1 Å². The van der Waals surface area contributed by atoms with Gasteiger partial charge < -0.3 is 35.4 Å². The van der Waals surface area contributed by atoms with Crippen LogP contribution in [-0.2, 0) is 30.8 Å². The lowest BCUT2D eigenvalue weighted by molar-refractivity contribution is -0.120. The molecule has 0 aliphatic heterocycles. The number of hydrogen-bond donors (Lipinski definition) is 5. The number of aliphatic hydroxyl groups is 2. The van der Waals surface area contributed by atoms with Crippen molar-refractivity contribution in [1.29, 1.82) is 0 Å². The van der Waals surface area contributed by atoms with Gasteiger partial charge in [-0.05, 0) is 59.9 Å². The quantitative estimate of drug-likeness (QED) is 0.241. The fraction of sp³-hybridized carbons (Fsp3) is 0.345. The third kappa shape index (κ3) is 8.21. The van der Waals surface area contributed by atoms with E-state index in [2.05, 4.69) is 10.6 Å². The molecule has 0 bridgehead atoms. The molecular formula is C29H36N2O6. The van der Waals surface area contributed by atoms with Crippen LogP contribution in [-0.4, -0.2) is 48.0 Å². The highest BCUT2D eigenvalue weighted by Gasteiger charge is 2.13. The fourth-order valence-electron chi connectivity index (χ4n) is 4.10. The van der Waals surface area contributed by atoms with E-state index in [9.17, 15) is 20.1 Å². The summed E-state index contributed by atoms with van der Waals surface area (Å²) >= 11 is 0. The van der Waals surface area contributed by atoms with Crippen LogP contribution in [0.15, 0.2) is 60.7 Å². The van der Waals surface area contributed by atoms with Gasteiger partial charge in [-0.2, -0.15) is 0 Å². The number of rotatable bonds is 13. The SMILES string of the molecule is COc1ccc(CNC(=O)Cc2cccc(C[C@@H](C)NC[C@H](O)c3ccc(O)c(CO)c3)c2)cc1OC. The Hall–Kier alpha value is -3.59. The number of carbonyl (C=O) groups is 1. The minimum absolute atomic E-state index is 0.00861. The predicted octanol–water partition coefficient (Wildman–Crippen LogP) is 3.01. The van der Waals surface area contributed by atoms with Gasteiger partial charge in [0.15, 0.2) is 11.5 Å². The first kappa shape index (κ1) is 28.0. The molecule has 1 amide bonds. The molecule has 37 heavy (non-hydrogen) atoms. The van der Waals surface area contributed by atoms with Crippen LogP contribution in [0, 0.1) is 0 Å². The van der Waals surface area contributed by atoms with E-state index in [1.165, 1.54) is 6.07 Å². The number of aromatic hydroxyl groups is 1. The van der Waals surface area contributed by atoms with E-state index < -0.39 is 6.10 Å². The van der Waals surface area contributed by atoms with Crippen LogP contribution in [0.1, 0.15) is 40.8 Å². The summed E-state index contributed by atoms with van der Waals surface area (Å²) in [5.41, 5.74) is 3.94. The van der Waals surface area contributed by atoms with Crippen molar-refractivity contribution in [3.8, 4) is 17.2 Å². The van der Waals surface area contributed by atoms with Crippen LogP contribution < -0.4 is 20.1 Å². The lowest BCUT2D eigenvalue weighted by Gasteiger charge is -2.18. The number of ether oxygens (including phenoxy) is 2. The molecule has 3 aromatic rings. The average Bonchev–Trinajstić information content (AvgIpc) is 2.90. The Kier molecular flexibility index (Phi) is 10.3. The zero-order valence-electron chi connectivity index (χ0n) is 21.5. The Bertz CT molecular complexity index is 1180. The number of carbonyl (C=O) groups excluding carboxylic acids is 1. The molecule has 0 radical (unpaired) electrons. The van der Waals surface area contributed by atoms with Crippen LogP contribution in [0.3, 0.4) is 0 Å². The molecule has 3 aromatic carbocycles. The first-order chi connectivity index (χ1) is 17.8. The highest BCUT2D eigenvalue weighted by atomic mass is 16.5. The van der Waals surface area contributed by atoms with Crippen molar-refractivity contribution in [2.24, 2.45) is 0 Å². The molecule has 2 atom stereocenters. The second-order valence-electron chi connectivity index (χ2n) is 9.04. The van der Waals surface area contributed by atoms with Gasteiger partial charge in [0.25, 0.3) is 0 Å². The maximum absolute atomic E-state index is 12.5. The first-order valence-electron chi connectivity index (χ1n) is 12.2. The predicted molar refractivity (Wildman–Crippen MR) is 142 cm³/mol. The largest absolute Gasteiger partial charge is 0.508 e. The van der Waals surface area contributed by atoms with Gasteiger partial charge in [0, 0.05) is 24.7 Å². The standard InChI is InChI=1S/C29H36N2O6/c1-19(30-17-26(34)23-8-9-25(33)24(15-23)18-32)11-20-5-4-6-21(12-20)14-29(35)31-16-22-7-10-27(36-2)28(13-22)37-3/h4-10,12-13,15,19,26,30,32-34H,11,14,16-18H2,1-3H3,(H,31,35)/t19-,26+/m1/s1. The van der Waals surface area contributed by atoms with Gasteiger partial charge >= 0.3 is 0 Å². The van der Waals surface area contributed by atoms with Crippen molar-refractivity contribution in [2.75, 3.05) is 20.8 Å². The Labute approximate surface area is 217 Å². The highest BCUT2D eigenvalue weighted by Crippen LogP contribution is 2.27. The molecule has 0 saturated carbocycles. The molecular weight excluding hydrogens is 472 g/mol. The van der Waals surface area contributed by atoms with Gasteiger partial charge in [-0.3, -0.25) is 4.79 Å². The van der Waals surface area contributed by atoms with Crippen LogP contribution in [0.25, 0.3) is 0 Å². The number of benzene rings is 3. The number of methoxy groups -OCH3 is 2. The van der Waals surface area contributed by atoms with Crippen molar-refractivity contribution < 1.29 is 29.6 Å². The molecule has 8 nitrogen and oxygen atoms in total. The Morgan fingerprint density at radius 1 is 0.946 bits per heavy atom. The molecule has 0 aromatic heterocycles. The molecule has 0 unspecified atom stereocenters. The van der Waals surface area contributed by atoms with Gasteiger partial charge in [0.05, 0.1) is 33.4 Å². The average molecular weight is 509 g/mol. The van der Waals surface area contributed by atoms with Gasteiger partial charge in [0.2, 0.25) is 5.91 Å². The van der Waals surface area contributed by atoms with E-state index in [1.54, 1.807) is 26.4 Å². The summed E-state index contributed by atoms with van der Waals surface area (Å²) in [6.07, 6.45) is 0.232. The molecule has 0 saturated heterocycles. The van der Waals surface area contributed by atoms with E-state index in [-0.39, 0.29) is 30.7 Å². The summed E-state index contributed by atoms with van der Waals surface area (Å²) in [5.74, 6) is 1.20. The molecule has 0 aliphatic rings. The summed E-state index contributed by atoms with van der Waals surface area (Å²) in [6.45, 7) is 2.46. The zero-order chi connectivity index (χ0) is 26.8. The smallest absolute Gasteiger partial charge is 0.224 e. The van der Waals surface area contributed by atoms with E-state index >= 15 is 0 Å². The Morgan fingerprint density at radius 3 is 2.43 bits per heavy atom. The number of hydrogen-bond acceptors (Lipinski definition) is 7. The fourth-order valence-corrected chi connectivity index (χ4v) is 4.10. The molecule has 5 N–H and O–H groups in total. The van der Waals surface area contributed by atoms with Crippen LogP contribution in [0.5, 0.6) is 17.2 Å². The van der Waals surface area contributed by atoms with Crippen molar-refractivity contribution >= 4 is 5.91 Å². The molecule has 0 heterocycles. The third-order valence-corrected chi connectivity index (χ3v) is 6.15. The van der Waals surface area contributed by atoms with Crippen molar-refractivity contribution in [3.63, 3.8) is 0 Å². The lowest BCUT2D eigenvalue weighted by atomic mass is 10.0. The number of aliphatic hydroxyl groups excluding tert-OH is 2. The maximum Gasteiger partial charge on any atom is 0.224 e. The van der Waals surface area contributed by atoms with Crippen LogP contribution in [0.4, 0.5) is 0 Å². The van der Waals surface area contributed by atoms with Crippen LogP contribution >= 0.6 is 0 Å². The number of amides is 1. The zero-order valence-corrected chi connectivity index (χ0v) is 21.5. The van der Waals surface area contributed by atoms with Gasteiger partial charge in [-0.1, -0.05) is 36.4 Å². The Balaban J connectivity index is 1.48. The van der Waals surface area contributed by atoms with Crippen molar-refractivity contribution in [1.82, 2.24) is 10.6 Å². The first-order valence-corrected chi connectivity index (χ1v) is 12.2. The van der Waals surface area contributed by atoms with Crippen molar-refractivity contribution in [3.05, 3.63) is 88.5 Å². The minimum atomic E-state index is -0.769.